The van der Waals surface area contributed by atoms with E-state index in [0.717, 1.165) is 12.2 Å². The molecular weight excluding hydrogens is 152 g/mol. The van der Waals surface area contributed by atoms with Gasteiger partial charge in [-0.15, -0.1) is 0 Å². The highest BCUT2D eigenvalue weighted by molar-refractivity contribution is 5.91. The summed E-state index contributed by atoms with van der Waals surface area (Å²) in [6, 6.07) is 0. The molecule has 0 fully saturated rings. The van der Waals surface area contributed by atoms with E-state index >= 15 is 0 Å². The third-order valence-electron chi connectivity index (χ3n) is 0.908. The Hall–Kier alpha value is -1.36. The zero-order valence-corrected chi connectivity index (χ0v) is 5.61. The monoisotopic (exact) mass is 158 g/mol. The molecule has 0 aromatic heterocycles. The van der Waals surface area contributed by atoms with Gasteiger partial charge in [0.2, 0.25) is 0 Å². The summed E-state index contributed by atoms with van der Waals surface area (Å²) in [6.07, 6.45) is 1.92. The van der Waals surface area contributed by atoms with Crippen LogP contribution in [0.25, 0.3) is 0 Å². The number of ether oxygens (including phenoxy) is 1. The summed E-state index contributed by atoms with van der Waals surface area (Å²) in [4.78, 5) is 29.5. The molecule has 60 valence electrons. The highest BCUT2D eigenvalue weighted by Gasteiger charge is 2.05. The minimum absolute atomic E-state index is 0.0547. The first-order valence-electron chi connectivity index (χ1n) is 2.97. The summed E-state index contributed by atoms with van der Waals surface area (Å²) in [5.74, 6) is -1.30. The van der Waals surface area contributed by atoms with Gasteiger partial charge in [0.05, 0.1) is 0 Å². The van der Waals surface area contributed by atoms with Crippen molar-refractivity contribution in [2.75, 3.05) is 13.2 Å². The van der Waals surface area contributed by atoms with E-state index in [1.54, 1.807) is 0 Å². The number of esters is 1. The lowest BCUT2D eigenvalue weighted by molar-refractivity contribution is -0.270. The molecule has 5 heteroatoms. The van der Waals surface area contributed by atoms with Crippen molar-refractivity contribution >= 4 is 11.9 Å². The van der Waals surface area contributed by atoms with Crippen LogP contribution in [0.4, 0.5) is 0 Å². The summed E-state index contributed by atoms with van der Waals surface area (Å²) in [6.45, 7) is 0.135. The van der Waals surface area contributed by atoms with Crippen molar-refractivity contribution in [1.82, 2.24) is 0 Å². The molecule has 0 unspecified atom stereocenters. The van der Waals surface area contributed by atoms with E-state index in [-0.39, 0.29) is 13.2 Å². The second-order valence-corrected chi connectivity index (χ2v) is 1.73. The minimum atomic E-state index is -0.719. The minimum Gasteiger partial charge on any atom is -0.460 e. The second-order valence-electron chi connectivity index (χ2n) is 1.73. The van der Waals surface area contributed by atoms with Crippen LogP contribution in [0, 0.1) is 0 Å². The Morgan fingerprint density at radius 3 is 2.64 bits per heavy atom. The fourth-order valence-electron chi connectivity index (χ4n) is 0.488. The lowest BCUT2D eigenvalue weighted by Gasteiger charge is -1.98. The van der Waals surface area contributed by atoms with E-state index in [9.17, 15) is 9.59 Å². The van der Waals surface area contributed by atoms with Crippen LogP contribution in [-0.4, -0.2) is 25.2 Å². The third-order valence-corrected chi connectivity index (χ3v) is 0.908. The average Bonchev–Trinajstić information content (AvgIpc) is 2.06. The molecule has 11 heavy (non-hydrogen) atoms. The van der Waals surface area contributed by atoms with Gasteiger partial charge in [0.25, 0.3) is 0 Å². The van der Waals surface area contributed by atoms with Gasteiger partial charge < -0.3 is 4.74 Å². The van der Waals surface area contributed by atoms with Crippen molar-refractivity contribution in [2.24, 2.45) is 0 Å². The van der Waals surface area contributed by atoms with Crippen LogP contribution >= 0.6 is 0 Å². The number of hydrogen-bond acceptors (Lipinski definition) is 5. The Bertz CT molecular complexity index is 175. The molecule has 0 amide bonds. The molecule has 0 aliphatic carbocycles. The summed E-state index contributed by atoms with van der Waals surface area (Å²) in [5.41, 5.74) is 0. The lowest BCUT2D eigenvalue weighted by Crippen LogP contribution is -2.07. The Morgan fingerprint density at radius 1 is 1.09 bits per heavy atom. The first kappa shape index (κ1) is 7.74. The number of carbonyl (C=O) groups excluding carboxylic acids is 2. The van der Waals surface area contributed by atoms with Gasteiger partial charge in [0.1, 0.15) is 13.2 Å². The Kier molecular flexibility index (Phi) is 2.62. The summed E-state index contributed by atoms with van der Waals surface area (Å²) >= 11 is 0. The van der Waals surface area contributed by atoms with E-state index in [1.807, 2.05) is 0 Å². The molecule has 0 spiro atoms. The first-order chi connectivity index (χ1) is 5.29. The average molecular weight is 158 g/mol. The maximum absolute atomic E-state index is 10.6. The number of cyclic esters (lactones) is 1. The molecule has 1 aliphatic rings. The van der Waals surface area contributed by atoms with E-state index in [4.69, 9.17) is 0 Å². The van der Waals surface area contributed by atoms with Crippen molar-refractivity contribution in [3.05, 3.63) is 12.2 Å². The predicted octanol–water partition coefficient (Wildman–Crippen LogP) is -0.426. The molecule has 0 saturated heterocycles. The Labute approximate surface area is 62.5 Å². The fraction of sp³-hybridized carbons (Fsp3) is 0.333. The van der Waals surface area contributed by atoms with Gasteiger partial charge in [-0.05, 0) is 0 Å². The van der Waals surface area contributed by atoms with Crippen molar-refractivity contribution in [3.8, 4) is 0 Å². The maximum Gasteiger partial charge on any atom is 0.366 e. The van der Waals surface area contributed by atoms with Crippen molar-refractivity contribution < 1.29 is 24.1 Å². The Balaban J connectivity index is 2.53. The molecule has 5 nitrogen and oxygen atoms in total. The third kappa shape index (κ3) is 2.81. The van der Waals surface area contributed by atoms with Crippen LogP contribution in [0.3, 0.4) is 0 Å². The van der Waals surface area contributed by atoms with Crippen molar-refractivity contribution in [2.45, 2.75) is 0 Å². The van der Waals surface area contributed by atoms with Crippen LogP contribution in [0.5, 0.6) is 0 Å². The second kappa shape index (κ2) is 3.72. The quantitative estimate of drug-likeness (QED) is 0.353. The van der Waals surface area contributed by atoms with Crippen LogP contribution in [0.1, 0.15) is 0 Å². The van der Waals surface area contributed by atoms with E-state index in [0.29, 0.717) is 0 Å². The van der Waals surface area contributed by atoms with Gasteiger partial charge in [-0.3, -0.25) is 4.89 Å². The van der Waals surface area contributed by atoms with Crippen molar-refractivity contribution in [3.63, 3.8) is 0 Å². The first-order valence-corrected chi connectivity index (χ1v) is 2.97. The zero-order chi connectivity index (χ0) is 8.10. The summed E-state index contributed by atoms with van der Waals surface area (Å²) in [7, 11) is 0. The van der Waals surface area contributed by atoms with Gasteiger partial charge in [0.15, 0.2) is 0 Å². The fourth-order valence-corrected chi connectivity index (χ4v) is 0.488. The van der Waals surface area contributed by atoms with Crippen LogP contribution < -0.4 is 0 Å². The molecule has 1 aliphatic heterocycles. The molecule has 0 aromatic rings. The number of carbonyl (C=O) groups is 2. The standard InChI is InChI=1S/C6H6O5/c7-5-1-2-6(8)11-10-4-3-9-5/h1-2H,3-4H2. The lowest BCUT2D eigenvalue weighted by atomic mass is 10.5. The van der Waals surface area contributed by atoms with E-state index in [1.165, 1.54) is 0 Å². The molecule has 0 atom stereocenters. The molecule has 0 N–H and O–H groups in total. The normalized spacial score (nSPS) is 19.3. The molecule has 0 bridgehead atoms. The number of hydrogen-bond donors (Lipinski definition) is 0. The maximum atomic E-state index is 10.6. The highest BCUT2D eigenvalue weighted by atomic mass is 17.2. The van der Waals surface area contributed by atoms with Gasteiger partial charge in [-0.2, -0.15) is 4.89 Å². The van der Waals surface area contributed by atoms with Crippen LogP contribution in [-0.2, 0) is 24.1 Å². The largest absolute Gasteiger partial charge is 0.460 e. The van der Waals surface area contributed by atoms with Crippen LogP contribution in [0.15, 0.2) is 12.2 Å². The number of rotatable bonds is 0. The predicted molar refractivity (Wildman–Crippen MR) is 32.1 cm³/mol. The van der Waals surface area contributed by atoms with E-state index < -0.39 is 11.9 Å². The Morgan fingerprint density at radius 2 is 1.82 bits per heavy atom. The van der Waals surface area contributed by atoms with Gasteiger partial charge in [-0.25, -0.2) is 9.59 Å². The summed E-state index contributed by atoms with van der Waals surface area (Å²) < 4.78 is 4.53. The highest BCUT2D eigenvalue weighted by Crippen LogP contribution is 1.90. The molecule has 0 saturated carbocycles. The summed E-state index contributed by atoms with van der Waals surface area (Å²) in [5, 5.41) is 0. The van der Waals surface area contributed by atoms with Gasteiger partial charge in [0, 0.05) is 12.2 Å². The van der Waals surface area contributed by atoms with E-state index in [2.05, 4.69) is 14.5 Å². The van der Waals surface area contributed by atoms with Crippen molar-refractivity contribution in [1.29, 1.82) is 0 Å². The molecule has 1 rings (SSSR count). The SMILES string of the molecule is O=C1C=CC(=O)OOCCO1. The molecule has 0 radical (unpaired) electrons. The molecular formula is C6H6O5. The molecule has 1 heterocycles. The van der Waals surface area contributed by atoms with Crippen LogP contribution in [0.2, 0.25) is 0 Å². The topological polar surface area (TPSA) is 61.8 Å². The zero-order valence-electron chi connectivity index (χ0n) is 5.61. The molecule has 0 aromatic carbocycles. The van der Waals surface area contributed by atoms with Gasteiger partial charge in [-0.1, -0.05) is 0 Å². The van der Waals surface area contributed by atoms with Gasteiger partial charge >= 0.3 is 11.9 Å². The smallest absolute Gasteiger partial charge is 0.366 e.